The summed E-state index contributed by atoms with van der Waals surface area (Å²) in [6.07, 6.45) is 0.811. The molecular formula is C17H21F2N3O2. The first-order valence-corrected chi connectivity index (χ1v) is 8.20. The van der Waals surface area contributed by atoms with Crippen LogP contribution in [0.5, 0.6) is 0 Å². The molecule has 0 aliphatic carbocycles. The minimum Gasteiger partial charge on any atom is -0.352 e. The van der Waals surface area contributed by atoms with Gasteiger partial charge in [0.15, 0.2) is 0 Å². The molecule has 2 saturated heterocycles. The SMILES string of the molecule is O=C(NC1CCN(C(=O)c2ccccc2)CC1)C1CC(F)(F)CN1. The van der Waals surface area contributed by atoms with Crippen molar-refractivity contribution >= 4 is 11.8 Å². The van der Waals surface area contributed by atoms with Crippen LogP contribution in [0.4, 0.5) is 8.78 Å². The summed E-state index contributed by atoms with van der Waals surface area (Å²) in [5.41, 5.74) is 0.650. The van der Waals surface area contributed by atoms with Crippen molar-refractivity contribution in [3.8, 4) is 0 Å². The van der Waals surface area contributed by atoms with E-state index in [2.05, 4.69) is 10.6 Å². The lowest BCUT2D eigenvalue weighted by molar-refractivity contribution is -0.124. The molecule has 2 aliphatic heterocycles. The Kier molecular flexibility index (Phi) is 4.80. The van der Waals surface area contributed by atoms with E-state index in [-0.39, 0.29) is 17.9 Å². The smallest absolute Gasteiger partial charge is 0.262 e. The molecule has 1 aromatic rings. The molecule has 7 heteroatoms. The molecular weight excluding hydrogens is 316 g/mol. The lowest BCUT2D eigenvalue weighted by atomic mass is 10.0. The van der Waals surface area contributed by atoms with Gasteiger partial charge in [-0.2, -0.15) is 0 Å². The third-order valence-corrected chi connectivity index (χ3v) is 4.58. The molecule has 1 aromatic carbocycles. The van der Waals surface area contributed by atoms with Gasteiger partial charge < -0.3 is 10.2 Å². The van der Waals surface area contributed by atoms with Crippen LogP contribution in [0.2, 0.25) is 0 Å². The van der Waals surface area contributed by atoms with E-state index in [1.54, 1.807) is 17.0 Å². The van der Waals surface area contributed by atoms with Crippen molar-refractivity contribution in [2.75, 3.05) is 19.6 Å². The van der Waals surface area contributed by atoms with E-state index < -0.39 is 24.9 Å². The fraction of sp³-hybridized carbons (Fsp3) is 0.529. The number of likely N-dealkylation sites (tertiary alicyclic amines) is 1. The van der Waals surface area contributed by atoms with E-state index in [0.29, 0.717) is 31.5 Å². The topological polar surface area (TPSA) is 61.4 Å². The molecule has 2 fully saturated rings. The summed E-state index contributed by atoms with van der Waals surface area (Å²) in [5.74, 6) is -3.20. The number of halogens is 2. The van der Waals surface area contributed by atoms with E-state index in [1.165, 1.54) is 0 Å². The number of hydrogen-bond acceptors (Lipinski definition) is 3. The highest BCUT2D eigenvalue weighted by Crippen LogP contribution is 2.25. The molecule has 0 saturated carbocycles. The molecule has 1 unspecified atom stereocenters. The average molecular weight is 337 g/mol. The van der Waals surface area contributed by atoms with Crippen molar-refractivity contribution in [2.45, 2.75) is 37.3 Å². The Hall–Kier alpha value is -2.02. The Labute approximate surface area is 139 Å². The quantitative estimate of drug-likeness (QED) is 0.877. The maximum absolute atomic E-state index is 13.1. The van der Waals surface area contributed by atoms with E-state index in [0.717, 1.165) is 0 Å². The highest BCUT2D eigenvalue weighted by molar-refractivity contribution is 5.94. The van der Waals surface area contributed by atoms with Crippen LogP contribution in [-0.2, 0) is 4.79 Å². The van der Waals surface area contributed by atoms with Gasteiger partial charge in [-0.3, -0.25) is 14.9 Å². The normalized spacial score (nSPS) is 23.9. The fourth-order valence-electron chi connectivity index (χ4n) is 3.19. The molecule has 2 heterocycles. The number of piperidine rings is 1. The number of alkyl halides is 2. The first-order chi connectivity index (χ1) is 11.4. The van der Waals surface area contributed by atoms with Crippen LogP contribution >= 0.6 is 0 Å². The summed E-state index contributed by atoms with van der Waals surface area (Å²) in [6, 6.07) is 8.16. The predicted molar refractivity (Wildman–Crippen MR) is 84.9 cm³/mol. The third kappa shape index (κ3) is 3.90. The Bertz CT molecular complexity index is 601. The van der Waals surface area contributed by atoms with Gasteiger partial charge in [-0.25, -0.2) is 8.78 Å². The van der Waals surface area contributed by atoms with Crippen molar-refractivity contribution in [3.05, 3.63) is 35.9 Å². The van der Waals surface area contributed by atoms with Crippen molar-refractivity contribution < 1.29 is 18.4 Å². The van der Waals surface area contributed by atoms with Gasteiger partial charge in [-0.1, -0.05) is 18.2 Å². The molecule has 0 bridgehead atoms. The van der Waals surface area contributed by atoms with Gasteiger partial charge in [-0.05, 0) is 25.0 Å². The second-order valence-corrected chi connectivity index (χ2v) is 6.43. The Morgan fingerprint density at radius 1 is 1.17 bits per heavy atom. The average Bonchev–Trinajstić information content (AvgIpc) is 2.96. The molecule has 3 rings (SSSR count). The molecule has 130 valence electrons. The van der Waals surface area contributed by atoms with Gasteiger partial charge in [0, 0.05) is 31.1 Å². The molecule has 0 aromatic heterocycles. The Morgan fingerprint density at radius 2 is 1.83 bits per heavy atom. The lowest BCUT2D eigenvalue weighted by Crippen LogP contribution is -2.50. The molecule has 0 radical (unpaired) electrons. The predicted octanol–water partition coefficient (Wildman–Crippen LogP) is 1.40. The number of hydrogen-bond donors (Lipinski definition) is 2. The molecule has 5 nitrogen and oxygen atoms in total. The van der Waals surface area contributed by atoms with E-state index >= 15 is 0 Å². The largest absolute Gasteiger partial charge is 0.352 e. The maximum atomic E-state index is 13.1. The summed E-state index contributed by atoms with van der Waals surface area (Å²) in [7, 11) is 0. The van der Waals surface area contributed by atoms with Crippen molar-refractivity contribution in [2.24, 2.45) is 0 Å². The van der Waals surface area contributed by atoms with Crippen LogP contribution in [0, 0.1) is 0 Å². The van der Waals surface area contributed by atoms with E-state index in [1.807, 2.05) is 18.2 Å². The van der Waals surface area contributed by atoms with Crippen molar-refractivity contribution in [3.63, 3.8) is 0 Å². The number of nitrogens with one attached hydrogen (secondary N) is 2. The van der Waals surface area contributed by atoms with Gasteiger partial charge in [0.2, 0.25) is 5.91 Å². The summed E-state index contributed by atoms with van der Waals surface area (Å²) in [5, 5.41) is 5.38. The van der Waals surface area contributed by atoms with Gasteiger partial charge in [0.25, 0.3) is 11.8 Å². The molecule has 2 amide bonds. The number of rotatable bonds is 3. The monoisotopic (exact) mass is 337 g/mol. The number of amides is 2. The van der Waals surface area contributed by atoms with Gasteiger partial charge in [0.05, 0.1) is 12.6 Å². The van der Waals surface area contributed by atoms with E-state index in [4.69, 9.17) is 0 Å². The van der Waals surface area contributed by atoms with Crippen LogP contribution in [0.15, 0.2) is 30.3 Å². The zero-order chi connectivity index (χ0) is 17.2. The van der Waals surface area contributed by atoms with Crippen LogP contribution in [-0.4, -0.2) is 54.4 Å². The van der Waals surface area contributed by atoms with Crippen molar-refractivity contribution in [1.29, 1.82) is 0 Å². The number of carbonyl (C=O) groups is 2. The maximum Gasteiger partial charge on any atom is 0.262 e. The van der Waals surface area contributed by atoms with E-state index in [9.17, 15) is 18.4 Å². The van der Waals surface area contributed by atoms with Crippen LogP contribution in [0.3, 0.4) is 0 Å². The highest BCUT2D eigenvalue weighted by atomic mass is 19.3. The first kappa shape index (κ1) is 16.8. The van der Waals surface area contributed by atoms with Gasteiger partial charge in [-0.15, -0.1) is 0 Å². The lowest BCUT2D eigenvalue weighted by Gasteiger charge is -2.33. The summed E-state index contributed by atoms with van der Waals surface area (Å²) in [6.45, 7) is 0.648. The second-order valence-electron chi connectivity index (χ2n) is 6.43. The first-order valence-electron chi connectivity index (χ1n) is 8.20. The standard InChI is InChI=1S/C17H21F2N3O2/c18-17(19)10-14(20-11-17)15(23)21-13-6-8-22(9-7-13)16(24)12-4-2-1-3-5-12/h1-5,13-14,20H,6-11H2,(H,21,23). The van der Waals surface area contributed by atoms with Crippen LogP contribution in [0.25, 0.3) is 0 Å². The highest BCUT2D eigenvalue weighted by Gasteiger charge is 2.42. The van der Waals surface area contributed by atoms with Crippen molar-refractivity contribution in [1.82, 2.24) is 15.5 Å². The third-order valence-electron chi connectivity index (χ3n) is 4.58. The van der Waals surface area contributed by atoms with Crippen LogP contribution < -0.4 is 10.6 Å². The number of benzene rings is 1. The Balaban J connectivity index is 1.47. The minimum atomic E-state index is -2.81. The Morgan fingerprint density at radius 3 is 2.42 bits per heavy atom. The summed E-state index contributed by atoms with van der Waals surface area (Å²) < 4.78 is 26.3. The molecule has 1 atom stereocenters. The van der Waals surface area contributed by atoms with Gasteiger partial charge >= 0.3 is 0 Å². The second kappa shape index (κ2) is 6.84. The molecule has 2 N–H and O–H groups in total. The number of nitrogens with zero attached hydrogens (tertiary/aromatic N) is 1. The fourth-order valence-corrected chi connectivity index (χ4v) is 3.19. The number of carbonyl (C=O) groups excluding carboxylic acids is 2. The zero-order valence-corrected chi connectivity index (χ0v) is 13.3. The minimum absolute atomic E-state index is 0.0162. The molecule has 0 spiro atoms. The zero-order valence-electron chi connectivity index (χ0n) is 13.3. The molecule has 24 heavy (non-hydrogen) atoms. The summed E-state index contributed by atoms with van der Waals surface area (Å²) >= 11 is 0. The van der Waals surface area contributed by atoms with Crippen LogP contribution in [0.1, 0.15) is 29.6 Å². The molecule has 2 aliphatic rings. The summed E-state index contributed by atoms with van der Waals surface area (Å²) in [4.78, 5) is 26.2. The van der Waals surface area contributed by atoms with Gasteiger partial charge in [0.1, 0.15) is 0 Å².